The minimum atomic E-state index is -3.29. The summed E-state index contributed by atoms with van der Waals surface area (Å²) in [6.07, 6.45) is 2.76. The van der Waals surface area contributed by atoms with Crippen LogP contribution in [-0.4, -0.2) is 22.6 Å². The molecule has 1 aromatic rings. The lowest BCUT2D eigenvalue weighted by atomic mass is 10.0. The molecule has 3 N–H and O–H groups in total. The smallest absolute Gasteiger partial charge is 0.289 e. The highest BCUT2D eigenvalue weighted by Gasteiger charge is 2.37. The van der Waals surface area contributed by atoms with Gasteiger partial charge in [-0.2, -0.15) is 0 Å². The van der Waals surface area contributed by atoms with Crippen LogP contribution in [-0.2, 0) is 0 Å². The van der Waals surface area contributed by atoms with Crippen molar-refractivity contribution in [3.63, 3.8) is 0 Å². The van der Waals surface area contributed by atoms with Crippen LogP contribution in [0.4, 0.5) is 8.78 Å². The van der Waals surface area contributed by atoms with Gasteiger partial charge >= 0.3 is 0 Å². The second kappa shape index (κ2) is 3.76. The number of rotatable bonds is 3. The van der Waals surface area contributed by atoms with Crippen molar-refractivity contribution in [3.8, 4) is 0 Å². The molecule has 1 atom stereocenters. The predicted octanol–water partition coefficient (Wildman–Crippen LogP) is 0.709. The molecule has 0 saturated heterocycles. The monoisotopic (exact) mass is 188 g/mol. The summed E-state index contributed by atoms with van der Waals surface area (Å²) in [6.45, 7) is -1.25. The normalized spacial score (nSPS) is 14.2. The molecule has 72 valence electrons. The van der Waals surface area contributed by atoms with Crippen LogP contribution in [0.25, 0.3) is 0 Å². The third kappa shape index (κ3) is 2.19. The molecule has 13 heavy (non-hydrogen) atoms. The molecule has 0 fully saturated rings. The Kier molecular flexibility index (Phi) is 2.90. The van der Waals surface area contributed by atoms with Crippen LogP contribution in [0.2, 0.25) is 0 Å². The van der Waals surface area contributed by atoms with Crippen LogP contribution in [0.1, 0.15) is 11.6 Å². The molecule has 0 bridgehead atoms. The Bertz CT molecular complexity index is 266. The fourth-order valence-electron chi connectivity index (χ4n) is 0.913. The summed E-state index contributed by atoms with van der Waals surface area (Å²) < 4.78 is 25.7. The van der Waals surface area contributed by atoms with Crippen molar-refractivity contribution in [2.24, 2.45) is 5.73 Å². The van der Waals surface area contributed by atoms with E-state index in [0.29, 0.717) is 0 Å². The van der Waals surface area contributed by atoms with Gasteiger partial charge in [0, 0.05) is 12.4 Å². The highest BCUT2D eigenvalue weighted by Crippen LogP contribution is 2.27. The molecule has 0 aliphatic heterocycles. The van der Waals surface area contributed by atoms with Crippen molar-refractivity contribution in [2.45, 2.75) is 12.0 Å². The molecule has 1 unspecified atom stereocenters. The number of aromatic nitrogens is 1. The molecule has 0 aliphatic rings. The van der Waals surface area contributed by atoms with Crippen molar-refractivity contribution in [1.29, 1.82) is 0 Å². The first-order valence-electron chi connectivity index (χ1n) is 3.72. The maximum absolute atomic E-state index is 12.8. The van der Waals surface area contributed by atoms with Crippen LogP contribution in [0, 0.1) is 0 Å². The third-order valence-electron chi connectivity index (χ3n) is 1.73. The lowest BCUT2D eigenvalue weighted by Gasteiger charge is -2.21. The van der Waals surface area contributed by atoms with Gasteiger partial charge < -0.3 is 10.8 Å². The quantitative estimate of drug-likeness (QED) is 0.734. The van der Waals surface area contributed by atoms with Gasteiger partial charge in [0.2, 0.25) is 0 Å². The topological polar surface area (TPSA) is 59.1 Å². The van der Waals surface area contributed by atoms with Crippen molar-refractivity contribution in [2.75, 3.05) is 6.61 Å². The summed E-state index contributed by atoms with van der Waals surface area (Å²) in [7, 11) is 0. The Morgan fingerprint density at radius 1 is 1.46 bits per heavy atom. The molecular weight excluding hydrogens is 178 g/mol. The number of alkyl halides is 2. The lowest BCUT2D eigenvalue weighted by molar-refractivity contribution is -0.0711. The van der Waals surface area contributed by atoms with E-state index in [1.165, 1.54) is 24.5 Å². The number of halogens is 2. The standard InChI is InChI=1S/C8H10F2N2O/c9-8(10,5-13)7(11)6-1-3-12-4-2-6/h1-4,7,13H,5,11H2. The fraction of sp³-hybridized carbons (Fsp3) is 0.375. The van der Waals surface area contributed by atoms with Crippen molar-refractivity contribution >= 4 is 0 Å². The summed E-state index contributed by atoms with van der Waals surface area (Å²) in [6, 6.07) is 1.31. The minimum absolute atomic E-state index is 0.258. The fourth-order valence-corrected chi connectivity index (χ4v) is 0.913. The first kappa shape index (κ1) is 10.0. The third-order valence-corrected chi connectivity index (χ3v) is 1.73. The van der Waals surface area contributed by atoms with Crippen LogP contribution in [0.15, 0.2) is 24.5 Å². The zero-order chi connectivity index (χ0) is 9.90. The van der Waals surface area contributed by atoms with E-state index in [9.17, 15) is 8.78 Å². The molecule has 0 aliphatic carbocycles. The molecule has 0 saturated carbocycles. The van der Waals surface area contributed by atoms with E-state index in [0.717, 1.165) is 0 Å². The molecule has 0 aromatic carbocycles. The summed E-state index contributed by atoms with van der Waals surface area (Å²) in [4.78, 5) is 3.67. The van der Waals surface area contributed by atoms with Crippen LogP contribution in [0.5, 0.6) is 0 Å². The minimum Gasteiger partial charge on any atom is -0.390 e. The van der Waals surface area contributed by atoms with Gasteiger partial charge in [-0.25, -0.2) is 8.78 Å². The van der Waals surface area contributed by atoms with E-state index in [1.807, 2.05) is 0 Å². The van der Waals surface area contributed by atoms with Crippen molar-refractivity contribution in [3.05, 3.63) is 30.1 Å². The van der Waals surface area contributed by atoms with E-state index in [2.05, 4.69) is 4.98 Å². The molecule has 0 amide bonds. The first-order valence-corrected chi connectivity index (χ1v) is 3.72. The molecule has 0 radical (unpaired) electrons. The maximum Gasteiger partial charge on any atom is 0.289 e. The number of nitrogens with two attached hydrogens (primary N) is 1. The highest BCUT2D eigenvalue weighted by atomic mass is 19.3. The Labute approximate surface area is 74.2 Å². The SMILES string of the molecule is NC(c1ccncc1)C(F)(F)CO. The molecule has 1 aromatic heterocycles. The summed E-state index contributed by atoms with van der Waals surface area (Å²) in [5.41, 5.74) is 5.50. The van der Waals surface area contributed by atoms with Crippen molar-refractivity contribution < 1.29 is 13.9 Å². The summed E-state index contributed by atoms with van der Waals surface area (Å²) in [5.74, 6) is -3.29. The van der Waals surface area contributed by atoms with E-state index in [1.54, 1.807) is 0 Å². The Balaban J connectivity index is 2.85. The molecule has 1 rings (SSSR count). The van der Waals surface area contributed by atoms with E-state index >= 15 is 0 Å². The van der Waals surface area contributed by atoms with Crippen LogP contribution < -0.4 is 5.73 Å². The Morgan fingerprint density at radius 3 is 2.46 bits per heavy atom. The Morgan fingerprint density at radius 2 is 2.00 bits per heavy atom. The molecule has 5 heteroatoms. The van der Waals surface area contributed by atoms with Gasteiger partial charge in [0.1, 0.15) is 6.61 Å². The van der Waals surface area contributed by atoms with Gasteiger partial charge in [-0.3, -0.25) is 4.98 Å². The van der Waals surface area contributed by atoms with Gasteiger partial charge in [0.15, 0.2) is 0 Å². The Hall–Kier alpha value is -1.07. The van der Waals surface area contributed by atoms with Gasteiger partial charge in [0.05, 0.1) is 6.04 Å². The number of aliphatic hydroxyl groups excluding tert-OH is 1. The average Bonchev–Trinajstić information content (AvgIpc) is 2.18. The zero-order valence-electron chi connectivity index (χ0n) is 6.82. The second-order valence-corrected chi connectivity index (χ2v) is 2.68. The maximum atomic E-state index is 12.8. The van der Waals surface area contributed by atoms with Crippen molar-refractivity contribution in [1.82, 2.24) is 4.98 Å². The number of nitrogens with zero attached hydrogens (tertiary/aromatic N) is 1. The highest BCUT2D eigenvalue weighted by molar-refractivity contribution is 5.17. The van der Waals surface area contributed by atoms with Crippen LogP contribution in [0.3, 0.4) is 0 Å². The summed E-state index contributed by atoms with van der Waals surface area (Å²) >= 11 is 0. The second-order valence-electron chi connectivity index (χ2n) is 2.68. The van der Waals surface area contributed by atoms with E-state index < -0.39 is 18.6 Å². The number of pyridine rings is 1. The van der Waals surface area contributed by atoms with E-state index in [-0.39, 0.29) is 5.56 Å². The number of aliphatic hydroxyl groups is 1. The lowest BCUT2D eigenvalue weighted by Crippen LogP contribution is -2.36. The van der Waals surface area contributed by atoms with Gasteiger partial charge in [-0.15, -0.1) is 0 Å². The molecular formula is C8H10F2N2O. The first-order chi connectivity index (χ1) is 6.08. The number of hydrogen-bond donors (Lipinski definition) is 2. The van der Waals surface area contributed by atoms with Crippen LogP contribution >= 0.6 is 0 Å². The molecule has 3 nitrogen and oxygen atoms in total. The van der Waals surface area contributed by atoms with E-state index in [4.69, 9.17) is 10.8 Å². The average molecular weight is 188 g/mol. The largest absolute Gasteiger partial charge is 0.390 e. The molecule has 1 heterocycles. The van der Waals surface area contributed by atoms with Gasteiger partial charge in [0.25, 0.3) is 5.92 Å². The predicted molar refractivity (Wildman–Crippen MR) is 43.2 cm³/mol. The van der Waals surface area contributed by atoms with Gasteiger partial charge in [-0.05, 0) is 17.7 Å². The zero-order valence-corrected chi connectivity index (χ0v) is 6.82. The van der Waals surface area contributed by atoms with Gasteiger partial charge in [-0.1, -0.05) is 0 Å². The summed E-state index contributed by atoms with van der Waals surface area (Å²) in [5, 5.41) is 8.38. The molecule has 0 spiro atoms. The number of hydrogen-bond acceptors (Lipinski definition) is 3.